The average molecular weight is 456 g/mol. The van der Waals surface area contributed by atoms with Gasteiger partial charge in [0.05, 0.1) is 0 Å². The standard InChI is InChI=1S/C19H28N4O.HI/c1-3-16(22-13-6-9-18(22)24)10-12-21-19(20-2)23-14-11-15-7-4-5-8-17(15)23;/h4-5,7-8,16H,3,6,9-14H2,1-2H3,(H,20,21);1H. The maximum atomic E-state index is 11.9. The number of carbonyl (C=O) groups excluding carboxylic acids is 1. The van der Waals surface area contributed by atoms with Crippen LogP contribution in [-0.2, 0) is 11.2 Å². The van der Waals surface area contributed by atoms with Crippen molar-refractivity contribution in [2.24, 2.45) is 4.99 Å². The van der Waals surface area contributed by atoms with Crippen molar-refractivity contribution in [3.63, 3.8) is 0 Å². The Bertz CT molecular complexity index is 619. The molecule has 0 spiro atoms. The molecule has 1 N–H and O–H groups in total. The van der Waals surface area contributed by atoms with Crippen molar-refractivity contribution in [3.8, 4) is 0 Å². The summed E-state index contributed by atoms with van der Waals surface area (Å²) in [6, 6.07) is 8.87. The van der Waals surface area contributed by atoms with E-state index in [2.05, 4.69) is 51.3 Å². The van der Waals surface area contributed by atoms with E-state index in [4.69, 9.17) is 0 Å². The van der Waals surface area contributed by atoms with Crippen molar-refractivity contribution in [1.29, 1.82) is 0 Å². The maximum Gasteiger partial charge on any atom is 0.222 e. The molecule has 5 nitrogen and oxygen atoms in total. The lowest BCUT2D eigenvalue weighted by Gasteiger charge is -2.28. The number of para-hydroxylation sites is 1. The summed E-state index contributed by atoms with van der Waals surface area (Å²) in [5, 5.41) is 3.49. The van der Waals surface area contributed by atoms with Gasteiger partial charge in [0.1, 0.15) is 0 Å². The van der Waals surface area contributed by atoms with E-state index in [9.17, 15) is 4.79 Å². The van der Waals surface area contributed by atoms with Crippen LogP contribution in [-0.4, -0.2) is 49.5 Å². The van der Waals surface area contributed by atoms with Crippen molar-refractivity contribution in [1.82, 2.24) is 10.2 Å². The molecular weight excluding hydrogens is 427 g/mol. The molecule has 2 aliphatic heterocycles. The van der Waals surface area contributed by atoms with Crippen molar-refractivity contribution in [3.05, 3.63) is 29.8 Å². The summed E-state index contributed by atoms with van der Waals surface area (Å²) in [6.45, 7) is 4.90. The van der Waals surface area contributed by atoms with Crippen molar-refractivity contribution < 1.29 is 4.79 Å². The smallest absolute Gasteiger partial charge is 0.222 e. The van der Waals surface area contributed by atoms with Gasteiger partial charge in [-0.3, -0.25) is 9.79 Å². The average Bonchev–Trinajstić information content (AvgIpc) is 3.22. The third-order valence-corrected chi connectivity index (χ3v) is 5.14. The van der Waals surface area contributed by atoms with E-state index >= 15 is 0 Å². The van der Waals surface area contributed by atoms with Gasteiger partial charge in [0.25, 0.3) is 0 Å². The van der Waals surface area contributed by atoms with Crippen LogP contribution in [0.25, 0.3) is 0 Å². The van der Waals surface area contributed by atoms with Crippen LogP contribution in [0.15, 0.2) is 29.3 Å². The number of halogens is 1. The van der Waals surface area contributed by atoms with Crippen LogP contribution in [0, 0.1) is 0 Å². The largest absolute Gasteiger partial charge is 0.356 e. The van der Waals surface area contributed by atoms with Gasteiger partial charge in [-0.05, 0) is 37.3 Å². The molecule has 0 aromatic heterocycles. The molecule has 0 saturated carbocycles. The van der Waals surface area contributed by atoms with Gasteiger partial charge < -0.3 is 15.1 Å². The minimum atomic E-state index is 0. The predicted octanol–water partition coefficient (Wildman–Crippen LogP) is 3.03. The van der Waals surface area contributed by atoms with Gasteiger partial charge in [-0.15, -0.1) is 24.0 Å². The molecular formula is C19H29IN4O. The Kier molecular flexibility index (Phi) is 7.53. The number of nitrogens with zero attached hydrogens (tertiary/aromatic N) is 3. The van der Waals surface area contributed by atoms with Crippen molar-refractivity contribution >= 4 is 41.5 Å². The van der Waals surface area contributed by atoms with E-state index in [1.807, 2.05) is 7.05 Å². The van der Waals surface area contributed by atoms with Gasteiger partial charge >= 0.3 is 0 Å². The van der Waals surface area contributed by atoms with E-state index in [1.165, 1.54) is 11.3 Å². The number of likely N-dealkylation sites (tertiary alicyclic amines) is 1. The molecule has 1 aromatic rings. The summed E-state index contributed by atoms with van der Waals surface area (Å²) < 4.78 is 0. The molecule has 1 unspecified atom stereocenters. The molecule has 2 heterocycles. The minimum Gasteiger partial charge on any atom is -0.356 e. The summed E-state index contributed by atoms with van der Waals surface area (Å²) >= 11 is 0. The fourth-order valence-electron chi connectivity index (χ4n) is 3.84. The van der Waals surface area contributed by atoms with Gasteiger partial charge in [-0.25, -0.2) is 0 Å². The Hall–Kier alpha value is -1.31. The molecule has 25 heavy (non-hydrogen) atoms. The van der Waals surface area contributed by atoms with Crippen molar-refractivity contribution in [2.75, 3.05) is 31.6 Å². The fraction of sp³-hybridized carbons (Fsp3) is 0.579. The summed E-state index contributed by atoms with van der Waals surface area (Å²) in [5.41, 5.74) is 2.64. The Labute approximate surface area is 167 Å². The van der Waals surface area contributed by atoms with Crippen LogP contribution in [0.5, 0.6) is 0 Å². The molecule has 2 aliphatic rings. The van der Waals surface area contributed by atoms with Crippen LogP contribution in [0.1, 0.15) is 38.2 Å². The molecule has 0 aliphatic carbocycles. The first-order valence-electron chi connectivity index (χ1n) is 9.10. The number of hydrogen-bond donors (Lipinski definition) is 1. The topological polar surface area (TPSA) is 47.9 Å². The second-order valence-electron chi connectivity index (χ2n) is 6.55. The predicted molar refractivity (Wildman–Crippen MR) is 114 cm³/mol. The SMILES string of the molecule is CCC(CCNC(=NC)N1CCc2ccccc21)N1CCCC1=O.I. The number of aliphatic imine (C=N–C) groups is 1. The molecule has 1 atom stereocenters. The lowest BCUT2D eigenvalue weighted by Crippen LogP contribution is -2.43. The number of carbonyl (C=O) groups is 1. The Balaban J connectivity index is 0.00000225. The molecule has 1 fully saturated rings. The lowest BCUT2D eigenvalue weighted by molar-refractivity contribution is -0.129. The molecule has 0 radical (unpaired) electrons. The van der Waals surface area contributed by atoms with Crippen LogP contribution >= 0.6 is 24.0 Å². The molecule has 3 rings (SSSR count). The number of hydrogen-bond acceptors (Lipinski definition) is 2. The first-order valence-corrected chi connectivity index (χ1v) is 9.10. The zero-order valence-corrected chi connectivity index (χ0v) is 17.5. The zero-order valence-electron chi connectivity index (χ0n) is 15.2. The number of nitrogens with one attached hydrogen (secondary N) is 1. The first kappa shape index (κ1) is 20.0. The summed E-state index contributed by atoms with van der Waals surface area (Å²) in [7, 11) is 1.84. The van der Waals surface area contributed by atoms with E-state index in [-0.39, 0.29) is 24.0 Å². The zero-order chi connectivity index (χ0) is 16.9. The van der Waals surface area contributed by atoms with E-state index in [1.54, 1.807) is 0 Å². The Morgan fingerprint density at radius 2 is 2.08 bits per heavy atom. The molecule has 6 heteroatoms. The van der Waals surface area contributed by atoms with E-state index in [0.717, 1.165) is 57.7 Å². The quantitative estimate of drug-likeness (QED) is 0.421. The fourth-order valence-corrected chi connectivity index (χ4v) is 3.84. The molecule has 0 bridgehead atoms. The van der Waals surface area contributed by atoms with Gasteiger partial charge in [0.2, 0.25) is 5.91 Å². The van der Waals surface area contributed by atoms with Gasteiger partial charge in [0, 0.05) is 44.8 Å². The van der Waals surface area contributed by atoms with Gasteiger partial charge in [-0.1, -0.05) is 25.1 Å². The highest BCUT2D eigenvalue weighted by Gasteiger charge is 2.27. The summed E-state index contributed by atoms with van der Waals surface area (Å²) in [4.78, 5) is 20.7. The highest BCUT2D eigenvalue weighted by atomic mass is 127. The van der Waals surface area contributed by atoms with Gasteiger partial charge in [0.15, 0.2) is 5.96 Å². The van der Waals surface area contributed by atoms with Gasteiger partial charge in [-0.2, -0.15) is 0 Å². The Morgan fingerprint density at radius 3 is 2.76 bits per heavy atom. The Morgan fingerprint density at radius 1 is 1.28 bits per heavy atom. The number of anilines is 1. The van der Waals surface area contributed by atoms with Crippen LogP contribution < -0.4 is 10.2 Å². The number of fused-ring (bicyclic) bond motifs is 1. The van der Waals surface area contributed by atoms with E-state index < -0.39 is 0 Å². The van der Waals surface area contributed by atoms with Crippen molar-refractivity contribution in [2.45, 2.75) is 45.1 Å². The van der Waals surface area contributed by atoms with Crippen LogP contribution in [0.2, 0.25) is 0 Å². The normalized spacial score (nSPS) is 18.2. The third kappa shape index (κ3) is 4.46. The monoisotopic (exact) mass is 456 g/mol. The highest BCUT2D eigenvalue weighted by Crippen LogP contribution is 2.27. The lowest BCUT2D eigenvalue weighted by atomic mass is 10.1. The maximum absolute atomic E-state index is 11.9. The number of guanidine groups is 1. The van der Waals surface area contributed by atoms with E-state index in [0.29, 0.717) is 11.9 Å². The molecule has 1 aromatic carbocycles. The summed E-state index contributed by atoms with van der Waals surface area (Å²) in [6.07, 6.45) is 4.78. The van der Waals surface area contributed by atoms with Crippen LogP contribution in [0.4, 0.5) is 5.69 Å². The third-order valence-electron chi connectivity index (χ3n) is 5.14. The van der Waals surface area contributed by atoms with Crippen LogP contribution in [0.3, 0.4) is 0 Å². The second kappa shape index (κ2) is 9.40. The molecule has 138 valence electrons. The second-order valence-corrected chi connectivity index (χ2v) is 6.55. The number of rotatable bonds is 5. The molecule has 1 saturated heterocycles. The number of benzene rings is 1. The summed E-state index contributed by atoms with van der Waals surface area (Å²) in [5.74, 6) is 1.25. The first-order chi connectivity index (χ1) is 11.7. The minimum absolute atomic E-state index is 0. The molecule has 1 amide bonds. The number of amides is 1. The highest BCUT2D eigenvalue weighted by molar-refractivity contribution is 14.0.